The molecule has 0 atom stereocenters. The van der Waals surface area contributed by atoms with Crippen molar-refractivity contribution in [1.82, 2.24) is 4.98 Å². The van der Waals surface area contributed by atoms with E-state index in [1.807, 2.05) is 57.2 Å². The maximum absolute atomic E-state index is 11.7. The first-order valence-corrected chi connectivity index (χ1v) is 6.66. The molecular formula is C16H22N2O. The number of H-pyrrole nitrogens is 1. The molecular weight excluding hydrogens is 236 g/mol. The van der Waals surface area contributed by atoms with Crippen LogP contribution in [0.3, 0.4) is 0 Å². The number of benzene rings is 1. The van der Waals surface area contributed by atoms with Crippen molar-refractivity contribution in [2.45, 2.75) is 33.7 Å². The number of aryl methyl sites for hydroxylation is 1. The third-order valence-electron chi connectivity index (χ3n) is 2.86. The molecule has 0 aliphatic carbocycles. The van der Waals surface area contributed by atoms with E-state index in [1.54, 1.807) is 0 Å². The SMILES string of the molecule is CC.Cc1cc(Cc2ccccc2)[nH]c(=O)c1CN. The smallest absolute Gasteiger partial charge is 0.252 e. The van der Waals surface area contributed by atoms with Crippen molar-refractivity contribution in [2.24, 2.45) is 5.73 Å². The van der Waals surface area contributed by atoms with Gasteiger partial charge in [0.2, 0.25) is 0 Å². The van der Waals surface area contributed by atoms with Crippen LogP contribution in [-0.2, 0) is 13.0 Å². The second-order valence-electron chi connectivity index (χ2n) is 4.15. The van der Waals surface area contributed by atoms with E-state index >= 15 is 0 Å². The quantitative estimate of drug-likeness (QED) is 0.889. The van der Waals surface area contributed by atoms with Gasteiger partial charge in [0.25, 0.3) is 5.56 Å². The Morgan fingerprint density at radius 3 is 2.32 bits per heavy atom. The Kier molecular flexibility index (Phi) is 6.03. The standard InChI is InChI=1S/C14H16N2O.C2H6/c1-10-7-12(16-14(17)13(10)9-15)8-11-5-3-2-4-6-11;1-2/h2-7H,8-9,15H2,1H3,(H,16,17);1-2H3. The minimum Gasteiger partial charge on any atom is -0.326 e. The van der Waals surface area contributed by atoms with E-state index in [0.717, 1.165) is 17.7 Å². The highest BCUT2D eigenvalue weighted by atomic mass is 16.1. The van der Waals surface area contributed by atoms with Crippen LogP contribution in [0.5, 0.6) is 0 Å². The average molecular weight is 258 g/mol. The molecule has 0 saturated carbocycles. The summed E-state index contributed by atoms with van der Waals surface area (Å²) in [7, 11) is 0. The largest absolute Gasteiger partial charge is 0.326 e. The van der Waals surface area contributed by atoms with Crippen molar-refractivity contribution in [3.8, 4) is 0 Å². The fraction of sp³-hybridized carbons (Fsp3) is 0.312. The molecule has 0 bridgehead atoms. The van der Waals surface area contributed by atoms with Gasteiger partial charge in [-0.15, -0.1) is 0 Å². The highest BCUT2D eigenvalue weighted by Crippen LogP contribution is 2.09. The number of aromatic amines is 1. The van der Waals surface area contributed by atoms with Gasteiger partial charge in [0.1, 0.15) is 0 Å². The van der Waals surface area contributed by atoms with E-state index in [9.17, 15) is 4.79 Å². The van der Waals surface area contributed by atoms with Crippen LogP contribution >= 0.6 is 0 Å². The fourth-order valence-electron chi connectivity index (χ4n) is 1.95. The molecule has 1 aromatic heterocycles. The average Bonchev–Trinajstić information content (AvgIpc) is 2.42. The predicted octanol–water partition coefficient (Wildman–Crippen LogP) is 2.76. The van der Waals surface area contributed by atoms with E-state index in [1.165, 1.54) is 5.56 Å². The molecule has 1 heterocycles. The van der Waals surface area contributed by atoms with E-state index < -0.39 is 0 Å². The molecule has 2 rings (SSSR count). The predicted molar refractivity (Wildman–Crippen MR) is 80.3 cm³/mol. The van der Waals surface area contributed by atoms with Crippen molar-refractivity contribution in [2.75, 3.05) is 0 Å². The van der Waals surface area contributed by atoms with Gasteiger partial charge in [-0.25, -0.2) is 0 Å². The molecule has 3 N–H and O–H groups in total. The Morgan fingerprint density at radius 1 is 1.16 bits per heavy atom. The van der Waals surface area contributed by atoms with Crippen molar-refractivity contribution in [3.05, 3.63) is 69.1 Å². The van der Waals surface area contributed by atoms with Gasteiger partial charge in [0.05, 0.1) is 0 Å². The van der Waals surface area contributed by atoms with Crippen LogP contribution in [0.15, 0.2) is 41.2 Å². The molecule has 0 fully saturated rings. The lowest BCUT2D eigenvalue weighted by molar-refractivity contribution is 0.952. The second-order valence-corrected chi connectivity index (χ2v) is 4.15. The maximum Gasteiger partial charge on any atom is 0.252 e. The van der Waals surface area contributed by atoms with Gasteiger partial charge >= 0.3 is 0 Å². The number of nitrogens with two attached hydrogens (primary N) is 1. The first-order valence-electron chi connectivity index (χ1n) is 6.66. The Morgan fingerprint density at radius 2 is 1.79 bits per heavy atom. The summed E-state index contributed by atoms with van der Waals surface area (Å²) in [5, 5.41) is 0. The molecule has 0 aliphatic rings. The Bertz CT molecular complexity index is 559. The zero-order chi connectivity index (χ0) is 14.3. The number of hydrogen-bond donors (Lipinski definition) is 2. The molecule has 3 nitrogen and oxygen atoms in total. The lowest BCUT2D eigenvalue weighted by Crippen LogP contribution is -2.19. The van der Waals surface area contributed by atoms with Gasteiger partial charge < -0.3 is 10.7 Å². The summed E-state index contributed by atoms with van der Waals surface area (Å²) in [4.78, 5) is 14.6. The molecule has 1 aromatic carbocycles. The summed E-state index contributed by atoms with van der Waals surface area (Å²) >= 11 is 0. The summed E-state index contributed by atoms with van der Waals surface area (Å²) in [6.07, 6.45) is 0.738. The summed E-state index contributed by atoms with van der Waals surface area (Å²) in [5.74, 6) is 0. The highest BCUT2D eigenvalue weighted by Gasteiger charge is 2.05. The van der Waals surface area contributed by atoms with E-state index in [0.29, 0.717) is 5.56 Å². The Labute approximate surface area is 114 Å². The van der Waals surface area contributed by atoms with Crippen LogP contribution < -0.4 is 11.3 Å². The lowest BCUT2D eigenvalue weighted by Gasteiger charge is -2.06. The number of hydrogen-bond acceptors (Lipinski definition) is 2. The van der Waals surface area contributed by atoms with Gasteiger partial charge in [-0.3, -0.25) is 4.79 Å². The Balaban J connectivity index is 0.000000861. The number of pyridine rings is 1. The molecule has 2 aromatic rings. The molecule has 0 saturated heterocycles. The van der Waals surface area contributed by atoms with Gasteiger partial charge in [-0.05, 0) is 24.1 Å². The molecule has 0 radical (unpaired) electrons. The normalized spacial score (nSPS) is 9.68. The second kappa shape index (κ2) is 7.54. The molecule has 3 heteroatoms. The summed E-state index contributed by atoms with van der Waals surface area (Å²) < 4.78 is 0. The fourth-order valence-corrected chi connectivity index (χ4v) is 1.95. The van der Waals surface area contributed by atoms with Crippen molar-refractivity contribution in [3.63, 3.8) is 0 Å². The van der Waals surface area contributed by atoms with E-state index in [-0.39, 0.29) is 12.1 Å². The monoisotopic (exact) mass is 258 g/mol. The third kappa shape index (κ3) is 4.07. The van der Waals surface area contributed by atoms with Gasteiger partial charge in [-0.1, -0.05) is 44.2 Å². The minimum atomic E-state index is -0.0709. The van der Waals surface area contributed by atoms with Crippen molar-refractivity contribution in [1.29, 1.82) is 0 Å². The zero-order valence-electron chi connectivity index (χ0n) is 11.9. The number of rotatable bonds is 3. The summed E-state index contributed by atoms with van der Waals surface area (Å²) in [6, 6.07) is 12.1. The van der Waals surface area contributed by atoms with Crippen LogP contribution in [0.25, 0.3) is 0 Å². The molecule has 0 spiro atoms. The van der Waals surface area contributed by atoms with Crippen LogP contribution in [0, 0.1) is 6.92 Å². The Hall–Kier alpha value is -1.87. The summed E-state index contributed by atoms with van der Waals surface area (Å²) in [5.41, 5.74) is 9.20. The minimum absolute atomic E-state index is 0.0709. The maximum atomic E-state index is 11.7. The number of aromatic nitrogens is 1. The van der Waals surface area contributed by atoms with Crippen LogP contribution in [0.4, 0.5) is 0 Å². The van der Waals surface area contributed by atoms with Crippen LogP contribution in [0.1, 0.15) is 36.2 Å². The highest BCUT2D eigenvalue weighted by molar-refractivity contribution is 5.28. The first kappa shape index (κ1) is 15.2. The molecule has 19 heavy (non-hydrogen) atoms. The van der Waals surface area contributed by atoms with E-state index in [2.05, 4.69) is 4.98 Å². The lowest BCUT2D eigenvalue weighted by atomic mass is 10.1. The molecule has 0 unspecified atom stereocenters. The van der Waals surface area contributed by atoms with E-state index in [4.69, 9.17) is 5.73 Å². The van der Waals surface area contributed by atoms with Gasteiger partial charge in [0.15, 0.2) is 0 Å². The van der Waals surface area contributed by atoms with Gasteiger partial charge in [0, 0.05) is 24.2 Å². The van der Waals surface area contributed by atoms with Crippen molar-refractivity contribution >= 4 is 0 Å². The van der Waals surface area contributed by atoms with Crippen LogP contribution in [0.2, 0.25) is 0 Å². The summed E-state index contributed by atoms with van der Waals surface area (Å²) in [6.45, 7) is 6.21. The molecule has 0 aliphatic heterocycles. The first-order chi connectivity index (χ1) is 9.20. The number of nitrogens with one attached hydrogen (secondary N) is 1. The van der Waals surface area contributed by atoms with Crippen LogP contribution in [-0.4, -0.2) is 4.98 Å². The molecule has 102 valence electrons. The third-order valence-corrected chi connectivity index (χ3v) is 2.86. The van der Waals surface area contributed by atoms with Crippen molar-refractivity contribution < 1.29 is 0 Å². The van der Waals surface area contributed by atoms with Gasteiger partial charge in [-0.2, -0.15) is 0 Å². The zero-order valence-corrected chi connectivity index (χ0v) is 11.9. The topological polar surface area (TPSA) is 58.9 Å². The molecule has 0 amide bonds.